The van der Waals surface area contributed by atoms with Crippen molar-refractivity contribution in [2.24, 2.45) is 0 Å². The molecule has 1 heterocycles. The SMILES string of the molecule is CCSCCNc1nnc(NC(=O)c2c(Cl)cccc2Cl)s1. The van der Waals surface area contributed by atoms with Crippen molar-refractivity contribution in [3.05, 3.63) is 33.8 Å². The third-order valence-electron chi connectivity index (χ3n) is 2.56. The smallest absolute Gasteiger partial charge is 0.260 e. The molecule has 1 amide bonds. The van der Waals surface area contributed by atoms with Crippen LogP contribution in [-0.4, -0.2) is 34.2 Å². The lowest BCUT2D eigenvalue weighted by Gasteiger charge is -2.05. The topological polar surface area (TPSA) is 66.9 Å². The molecule has 0 radical (unpaired) electrons. The van der Waals surface area contributed by atoms with Crippen molar-refractivity contribution in [1.82, 2.24) is 10.2 Å². The van der Waals surface area contributed by atoms with E-state index >= 15 is 0 Å². The average Bonchev–Trinajstić information content (AvgIpc) is 2.91. The van der Waals surface area contributed by atoms with E-state index in [1.54, 1.807) is 18.2 Å². The van der Waals surface area contributed by atoms with E-state index < -0.39 is 5.91 Å². The first-order valence-electron chi connectivity index (χ1n) is 6.52. The summed E-state index contributed by atoms with van der Waals surface area (Å²) >= 11 is 15.1. The minimum Gasteiger partial charge on any atom is -0.359 e. The summed E-state index contributed by atoms with van der Waals surface area (Å²) in [4.78, 5) is 12.2. The highest BCUT2D eigenvalue weighted by Gasteiger charge is 2.16. The second-order valence-corrected chi connectivity index (χ2v) is 7.27. The lowest BCUT2D eigenvalue weighted by atomic mass is 10.2. The van der Waals surface area contributed by atoms with Gasteiger partial charge in [0.1, 0.15) is 0 Å². The number of thioether (sulfide) groups is 1. The van der Waals surface area contributed by atoms with Crippen molar-refractivity contribution >= 4 is 62.5 Å². The number of hydrogen-bond acceptors (Lipinski definition) is 6. The molecule has 0 bridgehead atoms. The Hall–Kier alpha value is -1.02. The summed E-state index contributed by atoms with van der Waals surface area (Å²) in [6.45, 7) is 2.92. The highest BCUT2D eigenvalue weighted by molar-refractivity contribution is 7.99. The van der Waals surface area contributed by atoms with E-state index in [-0.39, 0.29) is 5.56 Å². The number of rotatable bonds is 7. The quantitative estimate of drug-likeness (QED) is 0.706. The minimum atomic E-state index is -0.403. The second kappa shape index (κ2) is 8.57. The van der Waals surface area contributed by atoms with Crippen molar-refractivity contribution in [1.29, 1.82) is 0 Å². The van der Waals surface area contributed by atoms with Crippen LogP contribution in [0.25, 0.3) is 0 Å². The molecule has 0 aliphatic heterocycles. The van der Waals surface area contributed by atoms with E-state index in [0.717, 1.165) is 18.1 Å². The molecule has 0 atom stereocenters. The average molecular weight is 377 g/mol. The summed E-state index contributed by atoms with van der Waals surface area (Å²) in [5, 5.41) is 15.4. The summed E-state index contributed by atoms with van der Waals surface area (Å²) in [6, 6.07) is 4.91. The maximum absolute atomic E-state index is 12.2. The van der Waals surface area contributed by atoms with Crippen LogP contribution < -0.4 is 10.6 Å². The van der Waals surface area contributed by atoms with Crippen molar-refractivity contribution in [3.63, 3.8) is 0 Å². The van der Waals surface area contributed by atoms with Crippen molar-refractivity contribution in [2.75, 3.05) is 28.7 Å². The number of nitrogens with zero attached hydrogens (tertiary/aromatic N) is 2. The van der Waals surface area contributed by atoms with Crippen molar-refractivity contribution in [3.8, 4) is 0 Å². The first kappa shape index (κ1) is 17.3. The Labute approximate surface area is 146 Å². The molecule has 0 fully saturated rings. The van der Waals surface area contributed by atoms with E-state index in [1.165, 1.54) is 11.3 Å². The number of carbonyl (C=O) groups excluding carboxylic acids is 1. The van der Waals surface area contributed by atoms with Crippen LogP contribution in [-0.2, 0) is 0 Å². The molecule has 0 saturated carbocycles. The highest BCUT2D eigenvalue weighted by atomic mass is 35.5. The molecule has 2 N–H and O–H groups in total. The lowest BCUT2D eigenvalue weighted by Crippen LogP contribution is -2.12. The molecule has 118 valence electrons. The van der Waals surface area contributed by atoms with Gasteiger partial charge in [0.15, 0.2) is 0 Å². The fourth-order valence-corrected chi connectivity index (χ4v) is 3.36. The maximum Gasteiger partial charge on any atom is 0.260 e. The van der Waals surface area contributed by atoms with Gasteiger partial charge in [0.2, 0.25) is 10.3 Å². The standard InChI is InChI=1S/C13H14Cl2N4OS2/c1-2-21-7-6-16-12-18-19-13(22-12)17-11(20)10-8(14)4-3-5-9(10)15/h3-5H,2,6-7H2,1H3,(H,16,18)(H,17,19,20). The molecule has 2 aromatic rings. The predicted molar refractivity (Wildman–Crippen MR) is 95.8 cm³/mol. The molecular formula is C13H14Cl2N4OS2. The van der Waals surface area contributed by atoms with Gasteiger partial charge < -0.3 is 5.32 Å². The van der Waals surface area contributed by atoms with Gasteiger partial charge in [-0.25, -0.2) is 0 Å². The number of amides is 1. The molecule has 0 aliphatic rings. The van der Waals surface area contributed by atoms with Gasteiger partial charge in [-0.05, 0) is 17.9 Å². The van der Waals surface area contributed by atoms with Gasteiger partial charge in [0.05, 0.1) is 15.6 Å². The van der Waals surface area contributed by atoms with Gasteiger partial charge in [0.25, 0.3) is 5.91 Å². The zero-order valence-electron chi connectivity index (χ0n) is 11.7. The molecule has 1 aromatic heterocycles. The van der Waals surface area contributed by atoms with Crippen LogP contribution in [0.2, 0.25) is 10.0 Å². The fraction of sp³-hybridized carbons (Fsp3) is 0.308. The summed E-state index contributed by atoms with van der Waals surface area (Å²) in [5.41, 5.74) is 0.231. The van der Waals surface area contributed by atoms with Crippen LogP contribution in [0.3, 0.4) is 0 Å². The van der Waals surface area contributed by atoms with Gasteiger partial charge >= 0.3 is 0 Å². The fourth-order valence-electron chi connectivity index (χ4n) is 1.59. The van der Waals surface area contributed by atoms with Gasteiger partial charge in [0, 0.05) is 12.3 Å². The van der Waals surface area contributed by atoms with E-state index in [4.69, 9.17) is 23.2 Å². The monoisotopic (exact) mass is 376 g/mol. The first-order valence-corrected chi connectivity index (χ1v) is 9.25. The number of hydrogen-bond donors (Lipinski definition) is 2. The van der Waals surface area contributed by atoms with Crippen LogP contribution in [0.15, 0.2) is 18.2 Å². The number of carbonyl (C=O) groups is 1. The van der Waals surface area contributed by atoms with E-state index in [9.17, 15) is 4.79 Å². The number of nitrogens with one attached hydrogen (secondary N) is 2. The number of benzene rings is 1. The van der Waals surface area contributed by atoms with Crippen LogP contribution >= 0.6 is 46.3 Å². The summed E-state index contributed by atoms with van der Waals surface area (Å²) < 4.78 is 0. The molecular weight excluding hydrogens is 363 g/mol. The van der Waals surface area contributed by atoms with Crippen LogP contribution in [0, 0.1) is 0 Å². The van der Waals surface area contributed by atoms with Gasteiger partial charge in [-0.1, -0.05) is 47.5 Å². The molecule has 1 aromatic carbocycles. The Bertz CT molecular complexity index is 630. The highest BCUT2D eigenvalue weighted by Crippen LogP contribution is 2.26. The number of halogens is 2. The molecule has 0 spiro atoms. The molecule has 0 aliphatic carbocycles. The normalized spacial score (nSPS) is 10.5. The minimum absolute atomic E-state index is 0.231. The number of aromatic nitrogens is 2. The Balaban J connectivity index is 1.96. The Morgan fingerprint density at radius 2 is 1.95 bits per heavy atom. The Morgan fingerprint density at radius 3 is 2.64 bits per heavy atom. The van der Waals surface area contributed by atoms with Gasteiger partial charge in [-0.2, -0.15) is 11.8 Å². The third-order valence-corrected chi connectivity index (χ3v) is 4.89. The van der Waals surface area contributed by atoms with E-state index in [2.05, 4.69) is 27.8 Å². The largest absolute Gasteiger partial charge is 0.359 e. The van der Waals surface area contributed by atoms with Gasteiger partial charge in [-0.15, -0.1) is 10.2 Å². The maximum atomic E-state index is 12.2. The summed E-state index contributed by atoms with van der Waals surface area (Å²) in [7, 11) is 0. The van der Waals surface area contributed by atoms with Crippen LogP contribution in [0.4, 0.5) is 10.3 Å². The summed E-state index contributed by atoms with van der Waals surface area (Å²) in [5.74, 6) is 1.67. The Kier molecular flexibility index (Phi) is 6.75. The molecule has 22 heavy (non-hydrogen) atoms. The van der Waals surface area contributed by atoms with E-state index in [1.807, 2.05) is 11.8 Å². The predicted octanol–water partition coefficient (Wildman–Crippen LogP) is 4.26. The molecule has 0 unspecified atom stereocenters. The lowest BCUT2D eigenvalue weighted by molar-refractivity contribution is 0.102. The first-order chi connectivity index (χ1) is 10.6. The molecule has 2 rings (SSSR count). The van der Waals surface area contributed by atoms with Crippen LogP contribution in [0.5, 0.6) is 0 Å². The van der Waals surface area contributed by atoms with Crippen molar-refractivity contribution < 1.29 is 4.79 Å². The van der Waals surface area contributed by atoms with E-state index in [0.29, 0.717) is 20.3 Å². The summed E-state index contributed by atoms with van der Waals surface area (Å²) in [6.07, 6.45) is 0. The number of anilines is 2. The molecule has 9 heteroatoms. The third kappa shape index (κ3) is 4.74. The Morgan fingerprint density at radius 1 is 1.27 bits per heavy atom. The van der Waals surface area contributed by atoms with Crippen LogP contribution in [0.1, 0.15) is 17.3 Å². The zero-order valence-corrected chi connectivity index (χ0v) is 14.9. The van der Waals surface area contributed by atoms with Crippen molar-refractivity contribution in [2.45, 2.75) is 6.92 Å². The zero-order chi connectivity index (χ0) is 15.9. The van der Waals surface area contributed by atoms with Gasteiger partial charge in [-0.3, -0.25) is 10.1 Å². The molecule has 0 saturated heterocycles. The molecule has 5 nitrogen and oxygen atoms in total. The second-order valence-electron chi connectivity index (χ2n) is 4.09.